The van der Waals surface area contributed by atoms with Gasteiger partial charge in [-0.05, 0) is 43.5 Å². The van der Waals surface area contributed by atoms with Gasteiger partial charge < -0.3 is 5.32 Å². The van der Waals surface area contributed by atoms with Gasteiger partial charge in [0, 0.05) is 31.0 Å². The monoisotopic (exact) mass is 389 g/mol. The predicted molar refractivity (Wildman–Crippen MR) is 103 cm³/mol. The average Bonchev–Trinajstić information content (AvgIpc) is 2.78. The van der Waals surface area contributed by atoms with Crippen LogP contribution in [0.2, 0.25) is 10.0 Å². The Morgan fingerprint density at radius 2 is 1.73 bits per heavy atom. The number of carbonyl (C=O) groups excluding carboxylic acids is 1. The quantitative estimate of drug-likeness (QED) is 0.848. The third-order valence-electron chi connectivity index (χ3n) is 5.72. The van der Waals surface area contributed by atoms with E-state index in [-0.39, 0.29) is 11.3 Å². The maximum Gasteiger partial charge on any atom is 0.226 e. The van der Waals surface area contributed by atoms with Crippen LogP contribution < -0.4 is 5.32 Å². The van der Waals surface area contributed by atoms with Crippen LogP contribution in [0.25, 0.3) is 0 Å². The van der Waals surface area contributed by atoms with Crippen molar-refractivity contribution in [3.05, 3.63) is 63.4 Å². The minimum absolute atomic E-state index is 0.188. The minimum Gasteiger partial charge on any atom is -0.352 e. The van der Waals surface area contributed by atoms with E-state index in [0.29, 0.717) is 23.1 Å². The number of nitrogens with zero attached hydrogens (tertiary/aromatic N) is 2. The topological polar surface area (TPSA) is 45.2 Å². The second kappa shape index (κ2) is 7.18. The number of piperidine rings is 1. The molecule has 1 amide bonds. The van der Waals surface area contributed by atoms with E-state index in [1.807, 2.05) is 6.07 Å². The Kier molecular flexibility index (Phi) is 4.91. The fourth-order valence-corrected chi connectivity index (χ4v) is 4.55. The second-order valence-electron chi connectivity index (χ2n) is 7.27. The highest BCUT2D eigenvalue weighted by atomic mass is 35.5. The van der Waals surface area contributed by atoms with Crippen molar-refractivity contribution >= 4 is 29.1 Å². The van der Waals surface area contributed by atoms with Crippen LogP contribution in [0, 0.1) is 5.41 Å². The van der Waals surface area contributed by atoms with E-state index in [1.165, 1.54) is 11.1 Å². The molecule has 1 saturated heterocycles. The van der Waals surface area contributed by atoms with Gasteiger partial charge in [-0.25, -0.2) is 0 Å². The summed E-state index contributed by atoms with van der Waals surface area (Å²) in [6.07, 6.45) is 5.76. The lowest BCUT2D eigenvalue weighted by Gasteiger charge is -2.40. The van der Waals surface area contributed by atoms with Gasteiger partial charge in [0.05, 0.1) is 15.5 Å². The summed E-state index contributed by atoms with van der Waals surface area (Å²) in [6, 6.07) is 8.36. The number of halogens is 2. The van der Waals surface area contributed by atoms with E-state index in [0.717, 1.165) is 37.9 Å². The normalized spacial score (nSPS) is 19.7. The van der Waals surface area contributed by atoms with Crippen LogP contribution >= 0.6 is 23.2 Å². The van der Waals surface area contributed by atoms with Crippen molar-refractivity contribution in [2.24, 2.45) is 5.41 Å². The van der Waals surface area contributed by atoms with E-state index in [4.69, 9.17) is 23.2 Å². The molecule has 0 aliphatic carbocycles. The number of amides is 1. The SMILES string of the molecule is O=C1NCc2ccccc2CC12CCN(Cc1c(Cl)cncc1Cl)CC2. The van der Waals surface area contributed by atoms with Crippen molar-refractivity contribution in [1.29, 1.82) is 0 Å². The highest BCUT2D eigenvalue weighted by Gasteiger charge is 2.42. The summed E-state index contributed by atoms with van der Waals surface area (Å²) >= 11 is 12.5. The second-order valence-corrected chi connectivity index (χ2v) is 8.08. The number of hydrogen-bond acceptors (Lipinski definition) is 3. The molecule has 2 aromatic rings. The van der Waals surface area contributed by atoms with Crippen LogP contribution in [0.4, 0.5) is 0 Å². The van der Waals surface area contributed by atoms with Crippen LogP contribution in [-0.2, 0) is 24.3 Å². The average molecular weight is 390 g/mol. The molecule has 136 valence electrons. The fourth-order valence-electron chi connectivity index (χ4n) is 4.07. The lowest BCUT2D eigenvalue weighted by molar-refractivity contribution is -0.133. The Bertz CT molecular complexity index is 811. The maximum atomic E-state index is 12.9. The Morgan fingerprint density at radius 1 is 1.08 bits per heavy atom. The van der Waals surface area contributed by atoms with Crippen molar-refractivity contribution in [2.45, 2.75) is 32.4 Å². The number of hydrogen-bond donors (Lipinski definition) is 1. The third kappa shape index (κ3) is 3.34. The summed E-state index contributed by atoms with van der Waals surface area (Å²) < 4.78 is 0. The summed E-state index contributed by atoms with van der Waals surface area (Å²) in [7, 11) is 0. The van der Waals surface area contributed by atoms with Gasteiger partial charge in [-0.1, -0.05) is 47.5 Å². The van der Waals surface area contributed by atoms with E-state index < -0.39 is 0 Å². The lowest BCUT2D eigenvalue weighted by Crippen LogP contribution is -2.48. The number of benzene rings is 1. The smallest absolute Gasteiger partial charge is 0.226 e. The van der Waals surface area contributed by atoms with Gasteiger partial charge in [0.1, 0.15) is 0 Å². The fraction of sp³-hybridized carbons (Fsp3) is 0.400. The first-order chi connectivity index (χ1) is 12.6. The number of carbonyl (C=O) groups is 1. The van der Waals surface area contributed by atoms with Gasteiger partial charge in [-0.2, -0.15) is 0 Å². The van der Waals surface area contributed by atoms with Crippen molar-refractivity contribution < 1.29 is 4.79 Å². The maximum absolute atomic E-state index is 12.9. The molecular formula is C20H21Cl2N3O. The molecule has 0 unspecified atom stereocenters. The number of nitrogens with one attached hydrogen (secondary N) is 1. The standard InChI is InChI=1S/C20H21Cl2N3O/c21-17-11-23-12-18(22)16(17)13-25-7-5-20(6-8-25)9-14-3-1-2-4-15(14)10-24-19(20)26/h1-4,11-12H,5-10,13H2,(H,24,26). The Hall–Kier alpha value is -1.62. The number of likely N-dealkylation sites (tertiary alicyclic amines) is 1. The molecule has 4 rings (SSSR count). The molecule has 1 N–H and O–H groups in total. The Balaban J connectivity index is 1.49. The molecule has 0 radical (unpaired) electrons. The van der Waals surface area contributed by atoms with Gasteiger partial charge in [-0.15, -0.1) is 0 Å². The molecule has 3 heterocycles. The molecule has 1 fully saturated rings. The number of aromatic nitrogens is 1. The summed E-state index contributed by atoms with van der Waals surface area (Å²) in [5, 5.41) is 4.33. The number of fused-ring (bicyclic) bond motifs is 1. The molecule has 26 heavy (non-hydrogen) atoms. The molecule has 2 aliphatic rings. The first-order valence-electron chi connectivity index (χ1n) is 8.93. The molecule has 6 heteroatoms. The van der Waals surface area contributed by atoms with Crippen LogP contribution in [0.3, 0.4) is 0 Å². The summed E-state index contributed by atoms with van der Waals surface area (Å²) in [5.41, 5.74) is 3.12. The van der Waals surface area contributed by atoms with Gasteiger partial charge >= 0.3 is 0 Å². The van der Waals surface area contributed by atoms with E-state index >= 15 is 0 Å². The zero-order chi connectivity index (χ0) is 18.1. The van der Waals surface area contributed by atoms with Gasteiger partial charge in [-0.3, -0.25) is 14.7 Å². The van der Waals surface area contributed by atoms with Crippen molar-refractivity contribution in [1.82, 2.24) is 15.2 Å². The summed E-state index contributed by atoms with van der Waals surface area (Å²) in [4.78, 5) is 19.2. The molecule has 0 saturated carbocycles. The zero-order valence-corrected chi connectivity index (χ0v) is 16.0. The van der Waals surface area contributed by atoms with Crippen molar-refractivity contribution in [3.8, 4) is 0 Å². The van der Waals surface area contributed by atoms with E-state index in [1.54, 1.807) is 12.4 Å². The summed E-state index contributed by atoms with van der Waals surface area (Å²) in [6.45, 7) is 3.02. The van der Waals surface area contributed by atoms with Gasteiger partial charge in [0.15, 0.2) is 0 Å². The zero-order valence-electron chi connectivity index (χ0n) is 14.5. The van der Waals surface area contributed by atoms with Crippen LogP contribution in [-0.4, -0.2) is 28.9 Å². The molecule has 0 atom stereocenters. The number of pyridine rings is 1. The first kappa shape index (κ1) is 17.8. The molecular weight excluding hydrogens is 369 g/mol. The van der Waals surface area contributed by atoms with Gasteiger partial charge in [0.25, 0.3) is 0 Å². The van der Waals surface area contributed by atoms with Crippen LogP contribution in [0.1, 0.15) is 29.5 Å². The highest BCUT2D eigenvalue weighted by molar-refractivity contribution is 6.35. The molecule has 1 aromatic carbocycles. The minimum atomic E-state index is -0.311. The lowest BCUT2D eigenvalue weighted by atomic mass is 9.73. The number of rotatable bonds is 2. The Labute approximate surface area is 163 Å². The molecule has 1 spiro atoms. The summed E-state index contributed by atoms with van der Waals surface area (Å²) in [5.74, 6) is 0.188. The van der Waals surface area contributed by atoms with Gasteiger partial charge in [0.2, 0.25) is 5.91 Å². The highest BCUT2D eigenvalue weighted by Crippen LogP contribution is 2.39. The third-order valence-corrected chi connectivity index (χ3v) is 6.37. The van der Waals surface area contributed by atoms with Crippen molar-refractivity contribution in [2.75, 3.05) is 13.1 Å². The van der Waals surface area contributed by atoms with Crippen LogP contribution in [0.15, 0.2) is 36.7 Å². The Morgan fingerprint density at radius 3 is 2.42 bits per heavy atom. The molecule has 2 aliphatic heterocycles. The largest absolute Gasteiger partial charge is 0.352 e. The predicted octanol–water partition coefficient (Wildman–Crippen LogP) is 3.84. The first-order valence-corrected chi connectivity index (χ1v) is 9.68. The molecule has 0 bridgehead atoms. The molecule has 4 nitrogen and oxygen atoms in total. The van der Waals surface area contributed by atoms with E-state index in [9.17, 15) is 4.79 Å². The molecule has 1 aromatic heterocycles. The van der Waals surface area contributed by atoms with Crippen molar-refractivity contribution in [3.63, 3.8) is 0 Å². The van der Waals surface area contributed by atoms with E-state index in [2.05, 4.69) is 33.4 Å². The van der Waals surface area contributed by atoms with Crippen LogP contribution in [0.5, 0.6) is 0 Å².